The largest absolute Gasteiger partial charge is 0.463 e. The highest BCUT2D eigenvalue weighted by Gasteiger charge is 2.25. The van der Waals surface area contributed by atoms with E-state index in [1.807, 2.05) is 60.7 Å². The van der Waals surface area contributed by atoms with Crippen molar-refractivity contribution in [2.24, 2.45) is 11.8 Å². The van der Waals surface area contributed by atoms with E-state index in [4.69, 9.17) is 4.74 Å². The Morgan fingerprint density at radius 3 is 1.66 bits per heavy atom. The van der Waals surface area contributed by atoms with Crippen LogP contribution in [0.4, 0.5) is 0 Å². The van der Waals surface area contributed by atoms with E-state index < -0.39 is 5.92 Å². The summed E-state index contributed by atoms with van der Waals surface area (Å²) < 4.78 is 5.78. The zero-order valence-corrected chi connectivity index (χ0v) is 18.6. The van der Waals surface area contributed by atoms with Crippen LogP contribution in [-0.4, -0.2) is 24.7 Å². The summed E-state index contributed by atoms with van der Waals surface area (Å²) in [5, 5.41) is 3.68. The molecule has 1 unspecified atom stereocenters. The van der Waals surface area contributed by atoms with E-state index in [1.165, 1.54) is 0 Å². The summed E-state index contributed by atoms with van der Waals surface area (Å²) >= 11 is 0. The van der Waals surface area contributed by atoms with Gasteiger partial charge in [-0.05, 0) is 42.7 Å². The third kappa shape index (κ3) is 8.02. The minimum absolute atomic E-state index is 0.119. The summed E-state index contributed by atoms with van der Waals surface area (Å²) in [6, 6.07) is 20.3. The molecule has 0 aliphatic heterocycles. The zero-order chi connectivity index (χ0) is 21.2. The summed E-state index contributed by atoms with van der Waals surface area (Å²) in [6.07, 6.45) is 2.26. The van der Waals surface area contributed by atoms with Gasteiger partial charge < -0.3 is 10.1 Å². The Bertz CT molecular complexity index is 663. The minimum Gasteiger partial charge on any atom is -0.463 e. The minimum atomic E-state index is -0.397. The maximum atomic E-state index is 13.0. The number of carbonyl (C=O) groups is 1. The third-order valence-electron chi connectivity index (χ3n) is 5.01. The number of carbonyl (C=O) groups excluding carboxylic acids is 1. The van der Waals surface area contributed by atoms with Crippen molar-refractivity contribution < 1.29 is 9.53 Å². The summed E-state index contributed by atoms with van der Waals surface area (Å²) in [5.74, 6) is 0.690. The monoisotopic (exact) mass is 395 g/mol. The van der Waals surface area contributed by atoms with Crippen molar-refractivity contribution in [1.82, 2.24) is 5.32 Å². The molecule has 29 heavy (non-hydrogen) atoms. The molecule has 1 N–H and O–H groups in total. The summed E-state index contributed by atoms with van der Waals surface area (Å²) in [5.41, 5.74) is 1.92. The number of nitrogens with one attached hydrogen (secondary N) is 1. The van der Waals surface area contributed by atoms with Crippen molar-refractivity contribution in [1.29, 1.82) is 0 Å². The Kier molecular flexibility index (Phi) is 9.40. The Labute approximate surface area is 176 Å². The van der Waals surface area contributed by atoms with Crippen molar-refractivity contribution in [2.75, 3.05) is 6.61 Å². The van der Waals surface area contributed by atoms with Gasteiger partial charge in [0, 0.05) is 12.1 Å². The van der Waals surface area contributed by atoms with Crippen molar-refractivity contribution >= 4 is 5.97 Å². The van der Waals surface area contributed by atoms with Gasteiger partial charge in [0.25, 0.3) is 0 Å². The molecule has 0 saturated carbocycles. The van der Waals surface area contributed by atoms with Gasteiger partial charge in [0.05, 0.1) is 0 Å². The predicted octanol–water partition coefficient (Wildman–Crippen LogP) is 5.80. The number of benzene rings is 2. The normalized spacial score (nSPS) is 12.7. The van der Waals surface area contributed by atoms with Gasteiger partial charge in [-0.1, -0.05) is 88.4 Å². The van der Waals surface area contributed by atoms with Gasteiger partial charge in [0.2, 0.25) is 0 Å². The molecule has 0 bridgehead atoms. The molecule has 0 spiro atoms. The van der Waals surface area contributed by atoms with Crippen LogP contribution in [0.5, 0.6) is 0 Å². The summed E-state index contributed by atoms with van der Waals surface area (Å²) in [6.45, 7) is 11.5. The third-order valence-corrected chi connectivity index (χ3v) is 5.01. The molecule has 2 aromatic rings. The molecule has 1 atom stereocenters. The SMILES string of the molecule is CC(C)CC(CC(C)C)NC(C)COC(=O)C(c1ccccc1)c1ccccc1. The van der Waals surface area contributed by atoms with E-state index in [-0.39, 0.29) is 12.0 Å². The van der Waals surface area contributed by atoms with E-state index in [9.17, 15) is 4.79 Å². The smallest absolute Gasteiger partial charge is 0.317 e. The van der Waals surface area contributed by atoms with Crippen LogP contribution in [0.3, 0.4) is 0 Å². The number of rotatable bonds is 11. The highest BCUT2D eigenvalue weighted by atomic mass is 16.5. The second-order valence-electron chi connectivity index (χ2n) is 8.91. The quantitative estimate of drug-likeness (QED) is 0.489. The van der Waals surface area contributed by atoms with E-state index >= 15 is 0 Å². The van der Waals surface area contributed by atoms with Gasteiger partial charge in [-0.2, -0.15) is 0 Å². The lowest BCUT2D eigenvalue weighted by Gasteiger charge is -2.26. The van der Waals surface area contributed by atoms with Crippen molar-refractivity contribution in [3.05, 3.63) is 71.8 Å². The highest BCUT2D eigenvalue weighted by Crippen LogP contribution is 2.26. The molecule has 0 heterocycles. The van der Waals surface area contributed by atoms with Crippen LogP contribution >= 0.6 is 0 Å². The molecule has 0 radical (unpaired) electrons. The lowest BCUT2D eigenvalue weighted by molar-refractivity contribution is -0.145. The molecular formula is C26H37NO2. The zero-order valence-electron chi connectivity index (χ0n) is 18.6. The Morgan fingerprint density at radius 1 is 0.793 bits per heavy atom. The van der Waals surface area contributed by atoms with E-state index in [1.54, 1.807) is 0 Å². The second kappa shape index (κ2) is 11.8. The molecule has 3 nitrogen and oxygen atoms in total. The first-order valence-corrected chi connectivity index (χ1v) is 10.9. The van der Waals surface area contributed by atoms with Crippen molar-refractivity contribution in [2.45, 2.75) is 65.5 Å². The first kappa shape index (κ1) is 23.2. The molecule has 0 fully saturated rings. The van der Waals surface area contributed by atoms with Crippen LogP contribution < -0.4 is 5.32 Å². The molecule has 0 aliphatic rings. The maximum absolute atomic E-state index is 13.0. The van der Waals surface area contributed by atoms with Crippen LogP contribution in [0.1, 0.15) is 64.5 Å². The van der Waals surface area contributed by atoms with Gasteiger partial charge in [-0.3, -0.25) is 4.79 Å². The van der Waals surface area contributed by atoms with Crippen LogP contribution in [0.25, 0.3) is 0 Å². The van der Waals surface area contributed by atoms with Crippen LogP contribution in [0.2, 0.25) is 0 Å². The molecule has 0 aromatic heterocycles. The number of esters is 1. The van der Waals surface area contributed by atoms with Crippen molar-refractivity contribution in [3.8, 4) is 0 Å². The van der Waals surface area contributed by atoms with E-state index in [0.717, 1.165) is 24.0 Å². The lowest BCUT2D eigenvalue weighted by Crippen LogP contribution is -2.41. The first-order valence-electron chi connectivity index (χ1n) is 10.9. The first-order chi connectivity index (χ1) is 13.9. The van der Waals surface area contributed by atoms with Gasteiger partial charge in [0.1, 0.15) is 12.5 Å². The topological polar surface area (TPSA) is 38.3 Å². The standard InChI is InChI=1S/C26H37NO2/c1-19(2)16-24(17-20(3)4)27-21(5)18-29-26(28)25(22-12-8-6-9-13-22)23-14-10-7-11-15-23/h6-15,19-21,24-25,27H,16-18H2,1-5H3. The molecular weight excluding hydrogens is 358 g/mol. The van der Waals surface area contributed by atoms with E-state index in [0.29, 0.717) is 24.5 Å². The van der Waals surface area contributed by atoms with Crippen LogP contribution in [0, 0.1) is 11.8 Å². The fraction of sp³-hybridized carbons (Fsp3) is 0.500. The van der Waals surface area contributed by atoms with Gasteiger partial charge in [0.15, 0.2) is 0 Å². The highest BCUT2D eigenvalue weighted by molar-refractivity contribution is 5.82. The number of ether oxygens (including phenoxy) is 1. The molecule has 0 aliphatic carbocycles. The second-order valence-corrected chi connectivity index (χ2v) is 8.91. The average molecular weight is 396 g/mol. The maximum Gasteiger partial charge on any atom is 0.317 e. The van der Waals surface area contributed by atoms with Gasteiger partial charge >= 0.3 is 5.97 Å². The number of hydrogen-bond acceptors (Lipinski definition) is 3. The molecule has 2 rings (SSSR count). The fourth-order valence-electron chi connectivity index (χ4n) is 3.87. The van der Waals surface area contributed by atoms with Gasteiger partial charge in [-0.15, -0.1) is 0 Å². The lowest BCUT2D eigenvalue weighted by atomic mass is 9.91. The van der Waals surface area contributed by atoms with Gasteiger partial charge in [-0.25, -0.2) is 0 Å². The molecule has 2 aromatic carbocycles. The predicted molar refractivity (Wildman–Crippen MR) is 121 cm³/mol. The Hall–Kier alpha value is -2.13. The van der Waals surface area contributed by atoms with Crippen molar-refractivity contribution in [3.63, 3.8) is 0 Å². The van der Waals surface area contributed by atoms with Crippen LogP contribution in [-0.2, 0) is 9.53 Å². The average Bonchev–Trinajstić information content (AvgIpc) is 2.67. The Balaban J connectivity index is 2.02. The van der Waals surface area contributed by atoms with E-state index in [2.05, 4.69) is 39.9 Å². The fourth-order valence-corrected chi connectivity index (χ4v) is 3.87. The molecule has 0 saturated heterocycles. The van der Waals surface area contributed by atoms with Crippen LogP contribution in [0.15, 0.2) is 60.7 Å². The molecule has 0 amide bonds. The molecule has 158 valence electrons. The summed E-state index contributed by atoms with van der Waals surface area (Å²) in [4.78, 5) is 13.0. The number of hydrogen-bond donors (Lipinski definition) is 1. The Morgan fingerprint density at radius 2 is 1.24 bits per heavy atom. The molecule has 3 heteroatoms. The summed E-state index contributed by atoms with van der Waals surface area (Å²) in [7, 11) is 0.